The van der Waals surface area contributed by atoms with E-state index in [-0.39, 0.29) is 10.8 Å². The van der Waals surface area contributed by atoms with Crippen LogP contribution >= 0.6 is 11.6 Å². The average Bonchev–Trinajstić information content (AvgIpc) is 1.99. The van der Waals surface area contributed by atoms with Crippen LogP contribution < -0.4 is 10.5 Å². The molecule has 0 atom stereocenters. The van der Waals surface area contributed by atoms with Crippen molar-refractivity contribution < 1.29 is 4.74 Å². The Balaban J connectivity index is 2.96. The third kappa shape index (κ3) is 1.71. The van der Waals surface area contributed by atoms with Crippen molar-refractivity contribution in [2.24, 2.45) is 0 Å². The molecular weight excluding hydrogens is 166 g/mol. The molecule has 0 aromatic carbocycles. The Bertz CT molecular complexity index is 254. The van der Waals surface area contributed by atoms with Crippen LogP contribution in [0.3, 0.4) is 0 Å². The first-order valence-electron chi connectivity index (χ1n) is 3.14. The molecule has 5 heteroatoms. The molecule has 0 aliphatic heterocycles. The van der Waals surface area contributed by atoms with Gasteiger partial charge < -0.3 is 10.5 Å². The topological polar surface area (TPSA) is 61.0 Å². The van der Waals surface area contributed by atoms with Crippen molar-refractivity contribution in [1.82, 2.24) is 9.97 Å². The molecule has 1 aromatic rings. The predicted octanol–water partition coefficient (Wildman–Crippen LogP) is 1.11. The fraction of sp³-hybridized carbons (Fsp3) is 0.333. The molecule has 0 saturated heterocycles. The minimum atomic E-state index is 0.225. The summed E-state index contributed by atoms with van der Waals surface area (Å²) in [5.74, 6) is 0.340. The van der Waals surface area contributed by atoms with E-state index in [1.165, 1.54) is 6.33 Å². The van der Waals surface area contributed by atoms with Crippen molar-refractivity contribution >= 4 is 17.3 Å². The zero-order valence-corrected chi connectivity index (χ0v) is 6.80. The molecule has 0 saturated carbocycles. The normalized spacial score (nSPS) is 9.64. The third-order valence-electron chi connectivity index (χ3n) is 1.08. The number of aromatic nitrogens is 2. The van der Waals surface area contributed by atoms with E-state index in [9.17, 15) is 0 Å². The molecule has 0 aliphatic carbocycles. The Kier molecular flexibility index (Phi) is 2.48. The van der Waals surface area contributed by atoms with Crippen LogP contribution in [0, 0.1) is 0 Å². The Morgan fingerprint density at radius 1 is 1.64 bits per heavy atom. The van der Waals surface area contributed by atoms with E-state index in [4.69, 9.17) is 22.1 Å². The van der Waals surface area contributed by atoms with Gasteiger partial charge in [0.25, 0.3) is 0 Å². The van der Waals surface area contributed by atoms with Gasteiger partial charge in [0, 0.05) is 0 Å². The average molecular weight is 174 g/mol. The SMILES string of the molecule is CCOc1ncnc(Cl)c1N. The van der Waals surface area contributed by atoms with Gasteiger partial charge in [-0.3, -0.25) is 0 Å². The van der Waals surface area contributed by atoms with Gasteiger partial charge >= 0.3 is 0 Å². The third-order valence-corrected chi connectivity index (χ3v) is 1.38. The number of hydrogen-bond acceptors (Lipinski definition) is 4. The van der Waals surface area contributed by atoms with Crippen LogP contribution in [0.15, 0.2) is 6.33 Å². The van der Waals surface area contributed by atoms with Gasteiger partial charge in [-0.25, -0.2) is 4.98 Å². The van der Waals surface area contributed by atoms with Crippen molar-refractivity contribution in [2.45, 2.75) is 6.92 Å². The van der Waals surface area contributed by atoms with E-state index in [1.54, 1.807) is 0 Å². The smallest absolute Gasteiger partial charge is 0.241 e. The Morgan fingerprint density at radius 2 is 2.36 bits per heavy atom. The highest BCUT2D eigenvalue weighted by Crippen LogP contribution is 2.23. The van der Waals surface area contributed by atoms with Gasteiger partial charge in [0.15, 0.2) is 5.15 Å². The van der Waals surface area contributed by atoms with E-state index in [2.05, 4.69) is 9.97 Å². The summed E-state index contributed by atoms with van der Waals surface area (Å²) in [6.45, 7) is 2.35. The van der Waals surface area contributed by atoms with Crippen molar-refractivity contribution in [3.63, 3.8) is 0 Å². The molecule has 11 heavy (non-hydrogen) atoms. The number of ether oxygens (including phenoxy) is 1. The van der Waals surface area contributed by atoms with Gasteiger partial charge in [-0.05, 0) is 6.92 Å². The maximum atomic E-state index is 5.59. The molecule has 1 heterocycles. The van der Waals surface area contributed by atoms with Crippen molar-refractivity contribution in [2.75, 3.05) is 12.3 Å². The number of rotatable bonds is 2. The van der Waals surface area contributed by atoms with Crippen molar-refractivity contribution in [3.05, 3.63) is 11.5 Å². The first-order valence-corrected chi connectivity index (χ1v) is 3.52. The van der Waals surface area contributed by atoms with Crippen LogP contribution in [0.4, 0.5) is 5.69 Å². The first-order chi connectivity index (χ1) is 5.25. The lowest BCUT2D eigenvalue weighted by Crippen LogP contribution is -2.00. The van der Waals surface area contributed by atoms with Gasteiger partial charge in [-0.1, -0.05) is 11.6 Å². The molecule has 0 bridgehead atoms. The van der Waals surface area contributed by atoms with Crippen LogP contribution in [0.25, 0.3) is 0 Å². The summed E-state index contributed by atoms with van der Waals surface area (Å²) < 4.78 is 5.06. The summed E-state index contributed by atoms with van der Waals surface area (Å²) in [6.07, 6.45) is 1.31. The molecule has 1 rings (SSSR count). The van der Waals surface area contributed by atoms with E-state index >= 15 is 0 Å². The van der Waals surface area contributed by atoms with E-state index in [0.717, 1.165) is 0 Å². The number of hydrogen-bond donors (Lipinski definition) is 1. The van der Waals surface area contributed by atoms with Gasteiger partial charge in [-0.2, -0.15) is 4.98 Å². The molecule has 0 aliphatic rings. The second-order valence-corrected chi connectivity index (χ2v) is 2.17. The maximum absolute atomic E-state index is 5.59. The number of anilines is 1. The summed E-state index contributed by atoms with van der Waals surface area (Å²) in [7, 11) is 0. The lowest BCUT2D eigenvalue weighted by Gasteiger charge is -2.04. The highest BCUT2D eigenvalue weighted by atomic mass is 35.5. The zero-order chi connectivity index (χ0) is 8.27. The Morgan fingerprint density at radius 3 is 3.00 bits per heavy atom. The second-order valence-electron chi connectivity index (χ2n) is 1.82. The summed E-state index contributed by atoms with van der Waals surface area (Å²) in [4.78, 5) is 7.46. The Hall–Kier alpha value is -1.03. The van der Waals surface area contributed by atoms with Crippen LogP contribution in [-0.4, -0.2) is 16.6 Å². The molecule has 4 nitrogen and oxygen atoms in total. The first kappa shape index (κ1) is 8.07. The van der Waals surface area contributed by atoms with Gasteiger partial charge in [-0.15, -0.1) is 0 Å². The molecule has 0 unspecified atom stereocenters. The number of nitrogens with two attached hydrogens (primary N) is 1. The van der Waals surface area contributed by atoms with E-state index < -0.39 is 0 Å². The molecule has 0 spiro atoms. The largest absolute Gasteiger partial charge is 0.476 e. The van der Waals surface area contributed by atoms with Gasteiger partial charge in [0.2, 0.25) is 5.88 Å². The second kappa shape index (κ2) is 3.39. The standard InChI is InChI=1S/C6H8ClN3O/c1-2-11-6-4(8)5(7)9-3-10-6/h3H,2,8H2,1H3. The van der Waals surface area contributed by atoms with Crippen LogP contribution in [0.5, 0.6) is 5.88 Å². The predicted molar refractivity (Wildman–Crippen MR) is 42.6 cm³/mol. The summed E-state index contributed by atoms with van der Waals surface area (Å²) in [5.41, 5.74) is 5.77. The summed E-state index contributed by atoms with van der Waals surface area (Å²) in [6, 6.07) is 0. The molecule has 0 radical (unpaired) electrons. The minimum Gasteiger partial charge on any atom is -0.476 e. The summed E-state index contributed by atoms with van der Waals surface area (Å²) in [5, 5.41) is 0.225. The zero-order valence-electron chi connectivity index (χ0n) is 6.04. The van der Waals surface area contributed by atoms with E-state index in [1.807, 2.05) is 6.92 Å². The molecule has 1 aromatic heterocycles. The molecular formula is C6H8ClN3O. The maximum Gasteiger partial charge on any atom is 0.241 e. The number of nitrogen functional groups attached to an aromatic ring is 1. The van der Waals surface area contributed by atoms with Crippen molar-refractivity contribution in [1.29, 1.82) is 0 Å². The van der Waals surface area contributed by atoms with Crippen LogP contribution in [0.2, 0.25) is 5.15 Å². The van der Waals surface area contributed by atoms with Crippen LogP contribution in [0.1, 0.15) is 6.92 Å². The van der Waals surface area contributed by atoms with Gasteiger partial charge in [0.1, 0.15) is 12.0 Å². The van der Waals surface area contributed by atoms with Gasteiger partial charge in [0.05, 0.1) is 6.61 Å². The van der Waals surface area contributed by atoms with E-state index in [0.29, 0.717) is 12.5 Å². The molecule has 60 valence electrons. The quantitative estimate of drug-likeness (QED) is 0.681. The number of halogens is 1. The van der Waals surface area contributed by atoms with Crippen molar-refractivity contribution in [3.8, 4) is 5.88 Å². The lowest BCUT2D eigenvalue weighted by atomic mass is 10.5. The highest BCUT2D eigenvalue weighted by Gasteiger charge is 2.04. The lowest BCUT2D eigenvalue weighted by molar-refractivity contribution is 0.328. The fourth-order valence-corrected chi connectivity index (χ4v) is 0.736. The summed E-state index contributed by atoms with van der Waals surface area (Å²) >= 11 is 5.59. The fourth-order valence-electron chi connectivity index (χ4n) is 0.611. The molecule has 0 amide bonds. The molecule has 2 N–H and O–H groups in total. The monoisotopic (exact) mass is 173 g/mol. The number of nitrogens with zero attached hydrogens (tertiary/aromatic N) is 2. The highest BCUT2D eigenvalue weighted by molar-refractivity contribution is 6.32. The molecule has 0 fully saturated rings. The minimum absolute atomic E-state index is 0.225. The van der Waals surface area contributed by atoms with Crippen LogP contribution in [-0.2, 0) is 0 Å². The Labute approximate surface area is 69.4 Å².